The van der Waals surface area contributed by atoms with Crippen molar-refractivity contribution < 1.29 is 66.4 Å². The number of hydrogen-bond donors (Lipinski definition) is 5. The first kappa shape index (κ1) is 90.1. The van der Waals surface area contributed by atoms with E-state index >= 15 is 0 Å². The van der Waals surface area contributed by atoms with Gasteiger partial charge in [-0.1, -0.05) is 110 Å². The molecular weight excluding hydrogens is 1520 g/mol. The van der Waals surface area contributed by atoms with Crippen molar-refractivity contribution in [3.8, 4) is 34.4 Å². The number of nitrogens with two attached hydrogens (primary N) is 2. The number of aliphatic carboxylic acids is 1. The maximum Gasteiger partial charge on any atom is 0.323 e. The van der Waals surface area contributed by atoms with Crippen LogP contribution in [0, 0.1) is 40.6 Å². The van der Waals surface area contributed by atoms with Crippen LogP contribution in [0.25, 0.3) is 39.2 Å². The Bertz CT molecular complexity index is 4770. The molecule has 5 aromatic heterocycles. The van der Waals surface area contributed by atoms with Gasteiger partial charge in [0.1, 0.15) is 30.8 Å². The minimum atomic E-state index is -1.00. The number of nitrogens with zero attached hydrogens (tertiary/aromatic N) is 14. The van der Waals surface area contributed by atoms with Crippen molar-refractivity contribution in [1.29, 1.82) is 0 Å². The van der Waals surface area contributed by atoms with Gasteiger partial charge in [-0.05, 0) is 121 Å². The summed E-state index contributed by atoms with van der Waals surface area (Å²) in [4.78, 5) is 92.2. The Labute approximate surface area is 666 Å². The number of imidazole rings is 2. The Morgan fingerprint density at radius 1 is 0.649 bits per heavy atom. The van der Waals surface area contributed by atoms with Gasteiger partial charge < -0.3 is 57.6 Å². The molecule has 0 spiro atoms. The number of non-ortho nitro benzene ring substituents is 2. The van der Waals surface area contributed by atoms with Crippen LogP contribution in [0.3, 0.4) is 0 Å². The molecule has 11 aromatic rings. The summed E-state index contributed by atoms with van der Waals surface area (Å²) in [5.41, 5.74) is 11.8. The molecule has 34 nitrogen and oxygen atoms in total. The van der Waals surface area contributed by atoms with Crippen molar-refractivity contribution in [2.75, 3.05) is 30.5 Å². The lowest BCUT2D eigenvalue weighted by molar-refractivity contribution is -0.385. The number of nitro groups is 2. The highest BCUT2D eigenvalue weighted by Crippen LogP contribution is 2.35. The zero-order valence-corrected chi connectivity index (χ0v) is 64.6. The molecule has 7 N–H and O–H groups in total. The van der Waals surface area contributed by atoms with E-state index in [1.165, 1.54) is 73.7 Å². The number of halogens is 2. The number of carbonyl (C=O) groups excluding carboxylic acids is 4. The summed E-state index contributed by atoms with van der Waals surface area (Å²) in [6.07, 6.45) is 22.4. The van der Waals surface area contributed by atoms with Gasteiger partial charge in [0.15, 0.2) is 6.29 Å². The second-order valence-electron chi connectivity index (χ2n) is 24.3. The molecule has 5 heterocycles. The molecule has 0 aliphatic heterocycles. The van der Waals surface area contributed by atoms with E-state index in [0.717, 1.165) is 68.7 Å². The molecule has 2 saturated carbocycles. The number of hydrogen-bond acceptors (Lipinski definition) is 25. The van der Waals surface area contributed by atoms with Gasteiger partial charge >= 0.3 is 5.97 Å². The molecule has 0 saturated heterocycles. The lowest BCUT2D eigenvalue weighted by Gasteiger charge is -2.34. The first-order chi connectivity index (χ1) is 55.1. The largest absolute Gasteiger partial charge is 0.480 e. The summed E-state index contributed by atoms with van der Waals surface area (Å²) in [6.45, 7) is 17.4. The summed E-state index contributed by atoms with van der Waals surface area (Å²) in [5, 5.41) is 55.5. The molecule has 2 fully saturated rings. The van der Waals surface area contributed by atoms with Crippen molar-refractivity contribution >= 4 is 75.9 Å². The van der Waals surface area contributed by atoms with Gasteiger partial charge in [-0.3, -0.25) is 54.5 Å². The van der Waals surface area contributed by atoms with Gasteiger partial charge in [-0.25, -0.2) is 22.4 Å². The van der Waals surface area contributed by atoms with E-state index < -0.39 is 34.2 Å². The lowest BCUT2D eigenvalue weighted by Crippen LogP contribution is -2.48. The number of amides is 3. The molecule has 13 rings (SSSR count). The van der Waals surface area contributed by atoms with Crippen molar-refractivity contribution in [2.24, 2.45) is 5.84 Å². The van der Waals surface area contributed by atoms with Crippen LogP contribution in [0.1, 0.15) is 129 Å². The van der Waals surface area contributed by atoms with Crippen LogP contribution in [0.15, 0.2) is 203 Å². The van der Waals surface area contributed by atoms with Gasteiger partial charge in [0.05, 0.1) is 14.9 Å². The fourth-order valence-electron chi connectivity index (χ4n) is 10.9. The minimum Gasteiger partial charge on any atom is -0.480 e. The molecule has 2 aliphatic rings. The highest BCUT2D eigenvalue weighted by atomic mass is 35.5. The van der Waals surface area contributed by atoms with Gasteiger partial charge in [0.25, 0.3) is 23.8 Å². The van der Waals surface area contributed by atoms with E-state index in [4.69, 9.17) is 73.9 Å². The van der Waals surface area contributed by atoms with Crippen LogP contribution in [-0.4, -0.2) is 133 Å². The number of aromatic nitrogens is 10. The number of aryl methyl sites for hydroxylation is 2. The predicted octanol–water partition coefficient (Wildman–Crippen LogP) is 14.3. The maximum atomic E-state index is 14.1. The SMILES string of the molecule is CCOC(OCC)OCC.Cc1nccn1CC(=O)N(c1cccc(-c2nnco2)c1)C(C(=O)NC1CCCCC1)c1ccccc1Cl.Cc1nccn1CC(=O)O.NNC(=O)c1cccc([N+](=O)[O-])c1.Nc1cccc(-c2nnco2)c1.O=Cc1ccccc1Cl.O=[N+]([O-])c1cccc(-c2nnco2)c1.[C-]#[N+]C1CCCCC1. The van der Waals surface area contributed by atoms with E-state index in [1.807, 2.05) is 57.4 Å². The summed E-state index contributed by atoms with van der Waals surface area (Å²) in [5.74, 6) is 5.38. The first-order valence-corrected chi connectivity index (χ1v) is 36.6. The van der Waals surface area contributed by atoms with Crippen molar-refractivity contribution in [3.05, 3.63) is 260 Å². The van der Waals surface area contributed by atoms with Gasteiger partial charge in [-0.15, -0.1) is 30.6 Å². The van der Waals surface area contributed by atoms with Crippen molar-refractivity contribution in [1.82, 2.24) is 60.4 Å². The number of carboxylic acids is 1. The molecule has 0 bridgehead atoms. The topological polar surface area (TPSA) is 456 Å². The Kier molecular flexibility index (Phi) is 39.1. The van der Waals surface area contributed by atoms with Crippen LogP contribution < -0.4 is 27.2 Å². The number of carbonyl (C=O) groups is 5. The predicted molar refractivity (Wildman–Crippen MR) is 422 cm³/mol. The smallest absolute Gasteiger partial charge is 0.323 e. The third-order valence-corrected chi connectivity index (χ3v) is 17.1. The number of aldehydes is 1. The first-order valence-electron chi connectivity index (χ1n) is 35.8. The highest BCUT2D eigenvalue weighted by Gasteiger charge is 2.36. The lowest BCUT2D eigenvalue weighted by atomic mass is 9.94. The molecule has 2 aliphatic carbocycles. The average molecular weight is 1600 g/mol. The third-order valence-electron chi connectivity index (χ3n) is 16.4. The van der Waals surface area contributed by atoms with E-state index in [9.17, 15) is 44.2 Å². The molecular formula is C78H88Cl2N18O16. The van der Waals surface area contributed by atoms with Crippen molar-refractivity contribution in [3.63, 3.8) is 0 Å². The molecule has 600 valence electrons. The summed E-state index contributed by atoms with van der Waals surface area (Å²) in [6, 6.07) is 39.3. The normalized spacial score (nSPS) is 12.3. The van der Waals surface area contributed by atoms with Crippen LogP contribution in [0.5, 0.6) is 0 Å². The Hall–Kier alpha value is -12.8. The van der Waals surface area contributed by atoms with E-state index in [-0.39, 0.29) is 53.8 Å². The number of anilines is 2. The number of nitro benzene ring substituents is 2. The molecule has 1 unspecified atom stereocenters. The molecule has 0 radical (unpaired) electrons. The maximum absolute atomic E-state index is 14.1. The van der Waals surface area contributed by atoms with Gasteiger partial charge in [0.2, 0.25) is 54.7 Å². The fraction of sp³-hybridized carbons (Fsp3) is 0.308. The molecule has 6 aromatic carbocycles. The number of carboxylic acid groups (broad SMARTS) is 1. The average Bonchev–Trinajstić information content (AvgIpc) is 0.935. The number of ether oxygens (including phenoxy) is 3. The second kappa shape index (κ2) is 49.5. The van der Waals surface area contributed by atoms with Crippen LogP contribution in [0.2, 0.25) is 10.0 Å². The Morgan fingerprint density at radius 3 is 1.58 bits per heavy atom. The Morgan fingerprint density at radius 2 is 1.13 bits per heavy atom. The second-order valence-corrected chi connectivity index (χ2v) is 25.2. The molecule has 3 amide bonds. The van der Waals surface area contributed by atoms with E-state index in [2.05, 4.69) is 50.7 Å². The van der Waals surface area contributed by atoms with Crippen molar-refractivity contribution in [2.45, 2.75) is 137 Å². The molecule has 36 heteroatoms. The third kappa shape index (κ3) is 30.5. The molecule has 1 atom stereocenters. The summed E-state index contributed by atoms with van der Waals surface area (Å²) >= 11 is 12.2. The number of rotatable bonds is 22. The fourth-order valence-corrected chi connectivity index (χ4v) is 11.3. The molecule has 114 heavy (non-hydrogen) atoms. The summed E-state index contributed by atoms with van der Waals surface area (Å²) in [7, 11) is 0. The van der Waals surface area contributed by atoms with Crippen LogP contribution in [0.4, 0.5) is 22.7 Å². The minimum absolute atomic E-state index is 0.000648. The zero-order valence-electron chi connectivity index (χ0n) is 63.1. The highest BCUT2D eigenvalue weighted by molar-refractivity contribution is 6.33. The number of hydrazine groups is 1. The number of benzene rings is 6. The van der Waals surface area contributed by atoms with Gasteiger partial charge in [-0.2, -0.15) is 0 Å². The summed E-state index contributed by atoms with van der Waals surface area (Å²) < 4.78 is 33.9. The van der Waals surface area contributed by atoms with Crippen LogP contribution in [-0.2, 0) is 41.7 Å². The monoisotopic (exact) mass is 1600 g/mol. The van der Waals surface area contributed by atoms with E-state index in [1.54, 1.807) is 126 Å². The van der Waals surface area contributed by atoms with Gasteiger partial charge in [0, 0.05) is 138 Å². The number of nitrogen functional groups attached to an aromatic ring is 2. The zero-order chi connectivity index (χ0) is 82.6. The quantitative estimate of drug-likeness (QED) is 0.00615. The number of nitrogens with one attached hydrogen (secondary N) is 2. The Balaban J connectivity index is 0.000000221. The van der Waals surface area contributed by atoms with E-state index in [0.29, 0.717) is 87.1 Å². The standard InChI is InChI=1S/C28H29ClN6O3.C8H5N3O3.C8H7N3O.C7H5ClO.C7H7N3O3.C7H11N.C7H16O3.C6H8N2O2/c1-19-30-14-15-34(19)17-25(36)35(22-11-7-8-20(16-22)28-33-31-18-38-28)26(23-12-5-6-13-24(23)29)27(37)32-21-9-3-2-4-10-21;12-11(13)7-3-1-2-6(4-7)8-10-9-5-14-8;9-7-3-1-2-6(4-7)8-11-10-5-12-8;8-7-4-2-1-3-6(7)5-9;8-9-7(11)5-2-1-3-6(4-5)10(12)13;1-8-7-5-3-2-4-6-7;1-4-8-7(9-5-2)10-6-3;1-5-7-2-3-8(5)4-6(9)10/h5-8,11-16,18,21,26H,2-4,9-10,17H2,1H3,(H,32,37);1-5H;1-5H,9H2;1-5H;1-4H,8H2,(H,9,11);7H,2-6H2;7H,4-6H2,1-3H3;2-3H,4H2,1H3,(H,9,10). The van der Waals surface area contributed by atoms with Crippen LogP contribution >= 0.6 is 23.2 Å².